The molecular weight excluding hydrogens is 274 g/mol. The molecule has 1 saturated heterocycles. The Kier molecular flexibility index (Phi) is 5.03. The topological polar surface area (TPSA) is 77.0 Å². The molecule has 2 N–H and O–H groups in total. The van der Waals surface area contributed by atoms with Crippen molar-refractivity contribution in [3.63, 3.8) is 0 Å². The van der Waals surface area contributed by atoms with Gasteiger partial charge in [-0.1, -0.05) is 6.07 Å². The van der Waals surface area contributed by atoms with E-state index in [1.165, 1.54) is 0 Å². The van der Waals surface area contributed by atoms with Crippen LogP contribution in [0.4, 0.5) is 0 Å². The van der Waals surface area contributed by atoms with Gasteiger partial charge in [-0.2, -0.15) is 0 Å². The summed E-state index contributed by atoms with van der Waals surface area (Å²) in [6, 6.07) is 3.74. The second-order valence-electron chi connectivity index (χ2n) is 5.03. The fraction of sp³-hybridized carbons (Fsp3) is 0.533. The van der Waals surface area contributed by atoms with Crippen LogP contribution in [0.5, 0.6) is 11.5 Å². The van der Waals surface area contributed by atoms with Gasteiger partial charge < -0.3 is 24.6 Å². The Bertz CT molecular complexity index is 517. The zero-order chi connectivity index (χ0) is 15.4. The smallest absolute Gasteiger partial charge is 0.307 e. The first kappa shape index (κ1) is 15.6. The summed E-state index contributed by atoms with van der Waals surface area (Å²) in [4.78, 5) is 11.1. The van der Waals surface area contributed by atoms with Gasteiger partial charge in [0.15, 0.2) is 0 Å². The minimum atomic E-state index is -0.769. The Labute approximate surface area is 124 Å². The van der Waals surface area contributed by atoms with Crippen molar-refractivity contribution >= 4 is 5.97 Å². The highest BCUT2D eigenvalue weighted by molar-refractivity contribution is 5.71. The maximum absolute atomic E-state index is 11.1. The minimum Gasteiger partial charge on any atom is -0.496 e. The Hall–Kier alpha value is -1.79. The average Bonchev–Trinajstić information content (AvgIpc) is 2.97. The first-order valence-electron chi connectivity index (χ1n) is 6.81. The molecular formula is C15H21NO5. The van der Waals surface area contributed by atoms with E-state index in [1.807, 2.05) is 12.1 Å². The quantitative estimate of drug-likeness (QED) is 0.830. The van der Waals surface area contributed by atoms with Gasteiger partial charge in [0.2, 0.25) is 0 Å². The molecule has 0 radical (unpaired) electrons. The van der Waals surface area contributed by atoms with Crippen LogP contribution in [0.1, 0.15) is 23.6 Å². The number of carboxylic acids is 1. The minimum absolute atomic E-state index is 0.0393. The number of nitrogens with one attached hydrogen (secondary N) is 1. The number of carboxylic acid groups (broad SMARTS) is 1. The van der Waals surface area contributed by atoms with Gasteiger partial charge >= 0.3 is 5.97 Å². The Balaban J connectivity index is 2.36. The first-order chi connectivity index (χ1) is 10.1. The predicted octanol–water partition coefficient (Wildman–Crippen LogP) is 1.59. The highest BCUT2D eigenvalue weighted by Gasteiger charge is 2.32. The third-order valence-corrected chi connectivity index (χ3v) is 3.82. The first-order valence-corrected chi connectivity index (χ1v) is 6.81. The molecule has 0 saturated carbocycles. The van der Waals surface area contributed by atoms with Crippen molar-refractivity contribution in [1.82, 2.24) is 5.32 Å². The molecule has 21 heavy (non-hydrogen) atoms. The Morgan fingerprint density at radius 1 is 1.33 bits per heavy atom. The maximum Gasteiger partial charge on any atom is 0.307 e. The van der Waals surface area contributed by atoms with Crippen LogP contribution in [0.15, 0.2) is 12.1 Å². The van der Waals surface area contributed by atoms with Gasteiger partial charge in [-0.15, -0.1) is 0 Å². The number of hydrogen-bond donors (Lipinski definition) is 2. The number of hydrogen-bond acceptors (Lipinski definition) is 5. The fourth-order valence-corrected chi connectivity index (χ4v) is 2.78. The molecule has 0 amide bonds. The van der Waals surface area contributed by atoms with Crippen LogP contribution in [-0.4, -0.2) is 38.9 Å². The molecule has 1 fully saturated rings. The molecule has 1 aliphatic rings. The van der Waals surface area contributed by atoms with Crippen LogP contribution < -0.4 is 14.8 Å². The lowest BCUT2D eigenvalue weighted by molar-refractivity contribution is -0.141. The number of rotatable bonds is 6. The van der Waals surface area contributed by atoms with Gasteiger partial charge in [0.05, 0.1) is 32.3 Å². The predicted molar refractivity (Wildman–Crippen MR) is 76.7 cm³/mol. The lowest BCUT2D eigenvalue weighted by Gasteiger charge is -2.20. The molecule has 2 rings (SSSR count). The molecule has 2 atom stereocenters. The van der Waals surface area contributed by atoms with Gasteiger partial charge in [-0.3, -0.25) is 4.79 Å². The molecule has 0 aliphatic carbocycles. The summed E-state index contributed by atoms with van der Waals surface area (Å²) in [6.45, 7) is 0.837. The third-order valence-electron chi connectivity index (χ3n) is 3.82. The summed E-state index contributed by atoms with van der Waals surface area (Å²) in [5, 5.41) is 12.4. The van der Waals surface area contributed by atoms with E-state index in [4.69, 9.17) is 19.3 Å². The Morgan fingerprint density at radius 3 is 2.62 bits per heavy atom. The van der Waals surface area contributed by atoms with Gasteiger partial charge in [0, 0.05) is 25.3 Å². The van der Waals surface area contributed by atoms with Crippen molar-refractivity contribution in [2.45, 2.75) is 19.1 Å². The zero-order valence-corrected chi connectivity index (χ0v) is 12.5. The molecule has 1 aromatic carbocycles. The van der Waals surface area contributed by atoms with Crippen molar-refractivity contribution in [2.75, 3.05) is 27.9 Å². The third kappa shape index (κ3) is 3.11. The van der Waals surface area contributed by atoms with E-state index in [2.05, 4.69) is 5.32 Å². The summed E-state index contributed by atoms with van der Waals surface area (Å²) >= 11 is 0. The van der Waals surface area contributed by atoms with Crippen molar-refractivity contribution in [3.05, 3.63) is 23.3 Å². The van der Waals surface area contributed by atoms with E-state index in [9.17, 15) is 4.79 Å². The molecule has 116 valence electrons. The molecule has 6 nitrogen and oxygen atoms in total. The van der Waals surface area contributed by atoms with Crippen molar-refractivity contribution < 1.29 is 24.1 Å². The van der Waals surface area contributed by atoms with Gasteiger partial charge in [-0.25, -0.2) is 0 Å². The van der Waals surface area contributed by atoms with Gasteiger partial charge in [-0.05, 0) is 12.5 Å². The van der Waals surface area contributed by atoms with Gasteiger partial charge in [0.1, 0.15) is 11.5 Å². The van der Waals surface area contributed by atoms with E-state index >= 15 is 0 Å². The molecule has 1 heterocycles. The van der Waals surface area contributed by atoms with E-state index in [-0.39, 0.29) is 12.0 Å². The molecule has 0 bridgehead atoms. The van der Waals surface area contributed by atoms with Crippen LogP contribution >= 0.6 is 0 Å². The largest absolute Gasteiger partial charge is 0.496 e. The molecule has 1 aliphatic heterocycles. The van der Waals surface area contributed by atoms with E-state index < -0.39 is 5.97 Å². The summed E-state index contributed by atoms with van der Waals surface area (Å²) in [6.07, 6.45) is 0.546. The van der Waals surface area contributed by atoms with Crippen molar-refractivity contribution in [1.29, 1.82) is 0 Å². The summed E-state index contributed by atoms with van der Waals surface area (Å²) < 4.78 is 16.1. The van der Waals surface area contributed by atoms with Crippen LogP contribution in [0, 0.1) is 5.92 Å². The molecule has 0 spiro atoms. The summed E-state index contributed by atoms with van der Waals surface area (Å²) in [5.74, 6) is 0.257. The maximum atomic E-state index is 11.1. The highest BCUT2D eigenvalue weighted by atomic mass is 16.5. The van der Waals surface area contributed by atoms with E-state index in [0.717, 1.165) is 11.1 Å². The van der Waals surface area contributed by atoms with E-state index in [1.54, 1.807) is 21.3 Å². The number of ether oxygens (including phenoxy) is 3. The lowest BCUT2D eigenvalue weighted by Crippen LogP contribution is -2.17. The van der Waals surface area contributed by atoms with Gasteiger partial charge in [0.25, 0.3) is 0 Å². The Morgan fingerprint density at radius 2 is 2.10 bits per heavy atom. The summed E-state index contributed by atoms with van der Waals surface area (Å²) in [5.41, 5.74) is 1.77. The number of carbonyl (C=O) groups is 1. The average molecular weight is 295 g/mol. The lowest BCUT2D eigenvalue weighted by atomic mass is 9.97. The second kappa shape index (κ2) is 6.78. The second-order valence-corrected chi connectivity index (χ2v) is 5.03. The summed E-state index contributed by atoms with van der Waals surface area (Å²) in [7, 11) is 4.81. The fourth-order valence-electron chi connectivity index (χ4n) is 2.78. The van der Waals surface area contributed by atoms with Crippen LogP contribution in [0.25, 0.3) is 0 Å². The molecule has 2 unspecified atom stereocenters. The zero-order valence-electron chi connectivity index (χ0n) is 12.5. The standard InChI is InChI=1S/C15H21NO5/c1-19-8-11-13(20-2)5-4-10(14(11)21-3)12-6-9(7-16-12)15(17)18/h4-5,9,12,16H,6-8H2,1-3H3,(H,17,18). The van der Waals surface area contributed by atoms with Crippen LogP contribution in [-0.2, 0) is 16.1 Å². The van der Waals surface area contributed by atoms with Crippen molar-refractivity contribution in [2.24, 2.45) is 5.92 Å². The highest BCUT2D eigenvalue weighted by Crippen LogP contribution is 2.39. The number of benzene rings is 1. The monoisotopic (exact) mass is 295 g/mol. The van der Waals surface area contributed by atoms with E-state index in [0.29, 0.717) is 31.1 Å². The SMILES string of the molecule is COCc1c(OC)ccc(C2CC(C(=O)O)CN2)c1OC. The number of methoxy groups -OCH3 is 3. The molecule has 0 aromatic heterocycles. The normalized spacial score (nSPS) is 21.3. The number of aliphatic carboxylic acids is 1. The van der Waals surface area contributed by atoms with Crippen LogP contribution in [0.2, 0.25) is 0 Å². The molecule has 1 aromatic rings. The van der Waals surface area contributed by atoms with Crippen molar-refractivity contribution in [3.8, 4) is 11.5 Å². The van der Waals surface area contributed by atoms with Crippen LogP contribution in [0.3, 0.4) is 0 Å². The molecule has 6 heteroatoms.